The molecule has 112 valence electrons. The van der Waals surface area contributed by atoms with Crippen LogP contribution in [0.3, 0.4) is 0 Å². The lowest BCUT2D eigenvalue weighted by molar-refractivity contribution is -0.133. The molecular weight excluding hydrogens is 258 g/mol. The summed E-state index contributed by atoms with van der Waals surface area (Å²) < 4.78 is 0. The van der Waals surface area contributed by atoms with Gasteiger partial charge in [0, 0.05) is 32.5 Å². The first kappa shape index (κ1) is 14.8. The van der Waals surface area contributed by atoms with Gasteiger partial charge in [-0.1, -0.05) is 19.9 Å². The standard InChI is InChI=1S/C14H23N3O3/c1-4-7-17-12(18)11(10(2)3)15-14(17)5-8-16(9-6-14)13(19)20/h4,10-11,15H,1,5-9H2,2-3H3,(H,19,20). The van der Waals surface area contributed by atoms with E-state index in [1.54, 1.807) is 6.08 Å². The van der Waals surface area contributed by atoms with Gasteiger partial charge in [0.25, 0.3) is 0 Å². The average Bonchev–Trinajstić information content (AvgIpc) is 2.66. The van der Waals surface area contributed by atoms with E-state index >= 15 is 0 Å². The minimum atomic E-state index is -0.889. The van der Waals surface area contributed by atoms with Crippen LogP contribution in [0, 0.1) is 5.92 Å². The number of amides is 2. The van der Waals surface area contributed by atoms with Crippen LogP contribution in [-0.2, 0) is 4.79 Å². The lowest BCUT2D eigenvalue weighted by Crippen LogP contribution is -2.59. The molecule has 2 saturated heterocycles. The second kappa shape index (κ2) is 5.44. The molecule has 1 atom stereocenters. The van der Waals surface area contributed by atoms with Gasteiger partial charge in [-0.3, -0.25) is 10.1 Å². The van der Waals surface area contributed by atoms with E-state index < -0.39 is 11.8 Å². The maximum atomic E-state index is 12.5. The Morgan fingerprint density at radius 1 is 1.55 bits per heavy atom. The maximum absolute atomic E-state index is 12.5. The number of carbonyl (C=O) groups excluding carboxylic acids is 1. The monoisotopic (exact) mass is 281 g/mol. The normalized spacial score (nSPS) is 25.6. The first-order chi connectivity index (χ1) is 9.41. The van der Waals surface area contributed by atoms with E-state index in [2.05, 4.69) is 11.9 Å². The molecule has 6 heteroatoms. The molecule has 1 spiro atoms. The van der Waals surface area contributed by atoms with Crippen LogP contribution in [0.15, 0.2) is 12.7 Å². The predicted molar refractivity (Wildman–Crippen MR) is 75.2 cm³/mol. The Balaban J connectivity index is 2.18. The molecular formula is C14H23N3O3. The highest BCUT2D eigenvalue weighted by atomic mass is 16.4. The third-order valence-corrected chi connectivity index (χ3v) is 4.31. The van der Waals surface area contributed by atoms with Gasteiger partial charge in [0.1, 0.15) is 0 Å². The molecule has 0 aromatic rings. The predicted octanol–water partition coefficient (Wildman–Crippen LogP) is 1.10. The highest BCUT2D eigenvalue weighted by Gasteiger charge is 2.51. The van der Waals surface area contributed by atoms with Crippen LogP contribution in [0.1, 0.15) is 26.7 Å². The fraction of sp³-hybridized carbons (Fsp3) is 0.714. The molecule has 2 rings (SSSR count). The fourth-order valence-corrected chi connectivity index (χ4v) is 3.14. The first-order valence-electron chi connectivity index (χ1n) is 7.09. The van der Waals surface area contributed by atoms with Gasteiger partial charge >= 0.3 is 6.09 Å². The minimum Gasteiger partial charge on any atom is -0.465 e. The van der Waals surface area contributed by atoms with Gasteiger partial charge < -0.3 is 14.9 Å². The fourth-order valence-electron chi connectivity index (χ4n) is 3.14. The van der Waals surface area contributed by atoms with Gasteiger partial charge in [0.05, 0.1) is 11.7 Å². The van der Waals surface area contributed by atoms with Crippen molar-refractivity contribution in [3.8, 4) is 0 Å². The summed E-state index contributed by atoms with van der Waals surface area (Å²) in [5, 5.41) is 12.5. The lowest BCUT2D eigenvalue weighted by atomic mass is 9.96. The largest absolute Gasteiger partial charge is 0.465 e. The highest BCUT2D eigenvalue weighted by Crippen LogP contribution is 2.34. The Labute approximate surface area is 119 Å². The van der Waals surface area contributed by atoms with E-state index in [0.717, 1.165) is 0 Å². The Kier molecular flexibility index (Phi) is 4.04. The van der Waals surface area contributed by atoms with Gasteiger partial charge in [-0.15, -0.1) is 6.58 Å². The zero-order valence-corrected chi connectivity index (χ0v) is 12.1. The topological polar surface area (TPSA) is 72.9 Å². The van der Waals surface area contributed by atoms with Crippen molar-refractivity contribution in [2.45, 2.75) is 38.4 Å². The van der Waals surface area contributed by atoms with Crippen LogP contribution in [0.5, 0.6) is 0 Å². The van der Waals surface area contributed by atoms with Crippen LogP contribution in [0.25, 0.3) is 0 Å². The molecule has 0 radical (unpaired) electrons. The van der Waals surface area contributed by atoms with E-state index in [1.165, 1.54) is 4.90 Å². The minimum absolute atomic E-state index is 0.101. The van der Waals surface area contributed by atoms with Crippen LogP contribution >= 0.6 is 0 Å². The van der Waals surface area contributed by atoms with Gasteiger partial charge in [-0.05, 0) is 5.92 Å². The van der Waals surface area contributed by atoms with Gasteiger partial charge in [0.2, 0.25) is 5.91 Å². The van der Waals surface area contributed by atoms with Crippen molar-refractivity contribution in [1.29, 1.82) is 0 Å². The molecule has 2 heterocycles. The van der Waals surface area contributed by atoms with Crippen molar-refractivity contribution in [3.63, 3.8) is 0 Å². The summed E-state index contributed by atoms with van der Waals surface area (Å²) in [6.45, 7) is 9.17. The molecule has 2 N–H and O–H groups in total. The molecule has 2 fully saturated rings. The molecule has 2 aliphatic rings. The van der Waals surface area contributed by atoms with Crippen LogP contribution in [-0.4, -0.2) is 58.2 Å². The van der Waals surface area contributed by atoms with Gasteiger partial charge in [0.15, 0.2) is 0 Å². The number of nitrogens with one attached hydrogen (secondary N) is 1. The van der Waals surface area contributed by atoms with Crippen LogP contribution in [0.2, 0.25) is 0 Å². The number of piperidine rings is 1. The number of carbonyl (C=O) groups is 2. The molecule has 20 heavy (non-hydrogen) atoms. The van der Waals surface area contributed by atoms with Crippen molar-refractivity contribution >= 4 is 12.0 Å². The molecule has 6 nitrogen and oxygen atoms in total. The van der Waals surface area contributed by atoms with Crippen LogP contribution in [0.4, 0.5) is 4.79 Å². The van der Waals surface area contributed by atoms with E-state index in [4.69, 9.17) is 5.11 Å². The zero-order chi connectivity index (χ0) is 14.9. The smallest absolute Gasteiger partial charge is 0.407 e. The maximum Gasteiger partial charge on any atom is 0.407 e. The van der Waals surface area contributed by atoms with E-state index in [0.29, 0.717) is 32.5 Å². The van der Waals surface area contributed by atoms with Gasteiger partial charge in [-0.2, -0.15) is 0 Å². The van der Waals surface area contributed by atoms with Crippen molar-refractivity contribution in [2.75, 3.05) is 19.6 Å². The number of likely N-dealkylation sites (tertiary alicyclic amines) is 1. The second-order valence-corrected chi connectivity index (χ2v) is 5.90. The summed E-state index contributed by atoms with van der Waals surface area (Å²) >= 11 is 0. The summed E-state index contributed by atoms with van der Waals surface area (Å²) in [7, 11) is 0. The number of nitrogens with zero attached hydrogens (tertiary/aromatic N) is 2. The van der Waals surface area contributed by atoms with E-state index in [1.807, 2.05) is 18.7 Å². The third-order valence-electron chi connectivity index (χ3n) is 4.31. The summed E-state index contributed by atoms with van der Waals surface area (Å²) in [6, 6.07) is -0.189. The van der Waals surface area contributed by atoms with E-state index in [9.17, 15) is 9.59 Å². The SMILES string of the molecule is C=CCN1C(=O)C(C(C)C)NC12CCN(C(=O)O)CC2. The molecule has 2 amide bonds. The number of rotatable bonds is 3. The summed E-state index contributed by atoms with van der Waals surface area (Å²) in [4.78, 5) is 26.8. The zero-order valence-electron chi connectivity index (χ0n) is 12.1. The van der Waals surface area contributed by atoms with E-state index in [-0.39, 0.29) is 17.9 Å². The summed E-state index contributed by atoms with van der Waals surface area (Å²) in [6.07, 6.45) is 2.09. The summed E-state index contributed by atoms with van der Waals surface area (Å²) in [5.74, 6) is 0.315. The number of hydrogen-bond donors (Lipinski definition) is 2. The van der Waals surface area contributed by atoms with Crippen molar-refractivity contribution in [2.24, 2.45) is 5.92 Å². The molecule has 0 aliphatic carbocycles. The molecule has 2 aliphatic heterocycles. The number of carboxylic acid groups (broad SMARTS) is 1. The number of hydrogen-bond acceptors (Lipinski definition) is 3. The van der Waals surface area contributed by atoms with Crippen molar-refractivity contribution in [3.05, 3.63) is 12.7 Å². The Bertz CT molecular complexity index is 414. The lowest BCUT2D eigenvalue weighted by Gasteiger charge is -2.43. The molecule has 1 unspecified atom stereocenters. The van der Waals surface area contributed by atoms with Gasteiger partial charge in [-0.25, -0.2) is 4.79 Å². The first-order valence-corrected chi connectivity index (χ1v) is 7.09. The molecule has 0 aromatic heterocycles. The quantitative estimate of drug-likeness (QED) is 0.760. The highest BCUT2D eigenvalue weighted by molar-refractivity contribution is 5.85. The average molecular weight is 281 g/mol. The molecule has 0 aromatic carbocycles. The van der Waals surface area contributed by atoms with Crippen molar-refractivity contribution in [1.82, 2.24) is 15.1 Å². The molecule has 0 saturated carbocycles. The van der Waals surface area contributed by atoms with Crippen LogP contribution < -0.4 is 5.32 Å². The second-order valence-electron chi connectivity index (χ2n) is 5.90. The third kappa shape index (κ3) is 2.40. The van der Waals surface area contributed by atoms with Crippen molar-refractivity contribution < 1.29 is 14.7 Å². The Hall–Kier alpha value is -1.56. The Morgan fingerprint density at radius 3 is 2.60 bits per heavy atom. The molecule has 0 bridgehead atoms. The Morgan fingerprint density at radius 2 is 2.15 bits per heavy atom. The summed E-state index contributed by atoms with van der Waals surface area (Å²) in [5.41, 5.74) is -0.411.